The molecule has 106 valence electrons. The Hall–Kier alpha value is -0.900. The summed E-state index contributed by atoms with van der Waals surface area (Å²) >= 11 is 0. The molecule has 1 aromatic rings. The zero-order chi connectivity index (χ0) is 13.8. The van der Waals surface area contributed by atoms with Gasteiger partial charge in [0, 0.05) is 13.1 Å². The third kappa shape index (κ3) is 3.35. The highest BCUT2D eigenvalue weighted by Crippen LogP contribution is 2.25. The number of morpholine rings is 1. The lowest BCUT2D eigenvalue weighted by Gasteiger charge is -2.37. The quantitative estimate of drug-likeness (QED) is 0.901. The van der Waals surface area contributed by atoms with Gasteiger partial charge in [-0.25, -0.2) is 0 Å². The maximum atomic E-state index is 6.00. The van der Waals surface area contributed by atoms with Crippen molar-refractivity contribution in [3.8, 4) is 0 Å². The molecule has 1 N–H and O–H groups in total. The van der Waals surface area contributed by atoms with Gasteiger partial charge in [-0.15, -0.1) is 0 Å². The van der Waals surface area contributed by atoms with Crippen LogP contribution >= 0.6 is 0 Å². The van der Waals surface area contributed by atoms with Crippen molar-refractivity contribution in [3.63, 3.8) is 0 Å². The van der Waals surface area contributed by atoms with Crippen LogP contribution in [0.25, 0.3) is 0 Å². The van der Waals surface area contributed by atoms with Gasteiger partial charge in [-0.05, 0) is 38.6 Å². The summed E-state index contributed by atoms with van der Waals surface area (Å²) in [6, 6.07) is 6.95. The molecule has 3 heteroatoms. The van der Waals surface area contributed by atoms with Gasteiger partial charge in [0.15, 0.2) is 0 Å². The summed E-state index contributed by atoms with van der Waals surface area (Å²) in [5, 5.41) is 3.44. The monoisotopic (exact) mass is 262 g/mol. The first-order valence-corrected chi connectivity index (χ1v) is 7.24. The van der Waals surface area contributed by atoms with E-state index in [1.807, 2.05) is 7.05 Å². The minimum absolute atomic E-state index is 0.236. The molecular weight excluding hydrogens is 236 g/mol. The van der Waals surface area contributed by atoms with Gasteiger partial charge in [0.25, 0.3) is 0 Å². The molecule has 2 atom stereocenters. The molecule has 0 bridgehead atoms. The van der Waals surface area contributed by atoms with Crippen LogP contribution in [-0.2, 0) is 4.74 Å². The van der Waals surface area contributed by atoms with Gasteiger partial charge in [0.1, 0.15) is 0 Å². The summed E-state index contributed by atoms with van der Waals surface area (Å²) < 4.78 is 6.00. The summed E-state index contributed by atoms with van der Waals surface area (Å²) in [5.41, 5.74) is 4.02. The highest BCUT2D eigenvalue weighted by molar-refractivity contribution is 5.33. The van der Waals surface area contributed by atoms with E-state index in [0.29, 0.717) is 0 Å². The molecular formula is C16H26N2O. The van der Waals surface area contributed by atoms with Crippen molar-refractivity contribution in [2.24, 2.45) is 0 Å². The van der Waals surface area contributed by atoms with Crippen molar-refractivity contribution in [1.82, 2.24) is 10.2 Å². The summed E-state index contributed by atoms with van der Waals surface area (Å²) in [5.74, 6) is 0. The second-order valence-electron chi connectivity index (χ2n) is 5.43. The minimum atomic E-state index is 0.236. The zero-order valence-electron chi connectivity index (χ0n) is 12.6. The first-order chi connectivity index (χ1) is 9.15. The molecule has 1 aromatic carbocycles. The van der Waals surface area contributed by atoms with E-state index in [2.05, 4.69) is 49.2 Å². The number of aryl methyl sites for hydroxylation is 2. The van der Waals surface area contributed by atoms with Gasteiger partial charge in [-0.1, -0.05) is 30.7 Å². The van der Waals surface area contributed by atoms with E-state index in [1.165, 1.54) is 16.7 Å². The molecule has 2 rings (SSSR count). The van der Waals surface area contributed by atoms with Gasteiger partial charge in [-0.2, -0.15) is 0 Å². The molecule has 3 nitrogen and oxygen atoms in total. The van der Waals surface area contributed by atoms with Gasteiger partial charge >= 0.3 is 0 Å². The molecule has 0 amide bonds. The van der Waals surface area contributed by atoms with Gasteiger partial charge in [-0.3, -0.25) is 4.90 Å². The van der Waals surface area contributed by atoms with E-state index >= 15 is 0 Å². The number of rotatable bonds is 4. The molecule has 1 aliphatic heterocycles. The predicted molar refractivity (Wildman–Crippen MR) is 79.6 cm³/mol. The van der Waals surface area contributed by atoms with Gasteiger partial charge in [0.2, 0.25) is 0 Å². The van der Waals surface area contributed by atoms with Crippen LogP contribution < -0.4 is 5.32 Å². The van der Waals surface area contributed by atoms with Crippen LogP contribution in [0.5, 0.6) is 0 Å². The fraction of sp³-hybridized carbons (Fsp3) is 0.625. The molecule has 0 radical (unpaired) electrons. The summed E-state index contributed by atoms with van der Waals surface area (Å²) in [6.45, 7) is 10.5. The molecule has 0 spiro atoms. The van der Waals surface area contributed by atoms with E-state index < -0.39 is 0 Å². The maximum Gasteiger partial charge on any atom is 0.0896 e. The van der Waals surface area contributed by atoms with Crippen molar-refractivity contribution in [3.05, 3.63) is 34.9 Å². The lowest BCUT2D eigenvalue weighted by Crippen LogP contribution is -2.47. The van der Waals surface area contributed by atoms with Crippen molar-refractivity contribution in [2.45, 2.75) is 32.9 Å². The van der Waals surface area contributed by atoms with Crippen LogP contribution in [0.3, 0.4) is 0 Å². The van der Waals surface area contributed by atoms with Crippen molar-refractivity contribution >= 4 is 0 Å². The third-order valence-electron chi connectivity index (χ3n) is 4.07. The third-order valence-corrected chi connectivity index (χ3v) is 4.07. The normalized spacial score (nSPS) is 22.4. The van der Waals surface area contributed by atoms with Crippen LogP contribution in [0.1, 0.15) is 29.7 Å². The van der Waals surface area contributed by atoms with Crippen LogP contribution in [0.2, 0.25) is 0 Å². The fourth-order valence-corrected chi connectivity index (χ4v) is 2.94. The molecule has 1 aliphatic rings. The molecule has 0 saturated carbocycles. The van der Waals surface area contributed by atoms with Gasteiger partial charge in [0.05, 0.1) is 18.8 Å². The Bertz CT molecular complexity index is 419. The Morgan fingerprint density at radius 2 is 2.21 bits per heavy atom. The number of likely N-dealkylation sites (N-methyl/N-ethyl adjacent to an activating group) is 2. The lowest BCUT2D eigenvalue weighted by atomic mass is 9.94. The average Bonchev–Trinajstić information content (AvgIpc) is 2.42. The Morgan fingerprint density at radius 1 is 1.42 bits per heavy atom. The lowest BCUT2D eigenvalue weighted by molar-refractivity contribution is -0.0445. The predicted octanol–water partition coefficient (Wildman–Crippen LogP) is 2.28. The Kier molecular flexibility index (Phi) is 4.97. The standard InChI is InChI=1S/C16H26N2O/c1-5-18-8-9-19-15(11-18)16(17-4)14-7-6-12(2)10-13(14)3/h6-7,10,15-17H,5,8-9,11H2,1-4H3. The summed E-state index contributed by atoms with van der Waals surface area (Å²) in [7, 11) is 2.03. The average molecular weight is 262 g/mol. The Labute approximate surface area is 116 Å². The van der Waals surface area contributed by atoms with Crippen molar-refractivity contribution < 1.29 is 4.74 Å². The highest BCUT2D eigenvalue weighted by atomic mass is 16.5. The van der Waals surface area contributed by atoms with E-state index in [1.54, 1.807) is 0 Å². The molecule has 2 unspecified atom stereocenters. The van der Waals surface area contributed by atoms with Gasteiger partial charge < -0.3 is 10.1 Å². The van der Waals surface area contributed by atoms with Crippen LogP contribution in [0.15, 0.2) is 18.2 Å². The highest BCUT2D eigenvalue weighted by Gasteiger charge is 2.28. The first-order valence-electron chi connectivity index (χ1n) is 7.24. The van der Waals surface area contributed by atoms with E-state index in [9.17, 15) is 0 Å². The summed E-state index contributed by atoms with van der Waals surface area (Å²) in [6.07, 6.45) is 0.236. The molecule has 1 saturated heterocycles. The van der Waals surface area contributed by atoms with E-state index in [4.69, 9.17) is 4.74 Å². The number of benzene rings is 1. The van der Waals surface area contributed by atoms with Crippen LogP contribution in [0, 0.1) is 13.8 Å². The van der Waals surface area contributed by atoms with E-state index in [0.717, 1.165) is 26.2 Å². The van der Waals surface area contributed by atoms with E-state index in [-0.39, 0.29) is 12.1 Å². The maximum absolute atomic E-state index is 6.00. The number of ether oxygens (including phenoxy) is 1. The summed E-state index contributed by atoms with van der Waals surface area (Å²) in [4.78, 5) is 2.46. The number of hydrogen-bond acceptors (Lipinski definition) is 3. The Morgan fingerprint density at radius 3 is 2.84 bits per heavy atom. The SMILES string of the molecule is CCN1CCOC(C(NC)c2ccc(C)cc2C)C1. The molecule has 19 heavy (non-hydrogen) atoms. The van der Waals surface area contributed by atoms with Crippen molar-refractivity contribution in [2.75, 3.05) is 33.3 Å². The number of hydrogen-bond donors (Lipinski definition) is 1. The topological polar surface area (TPSA) is 24.5 Å². The molecule has 0 aromatic heterocycles. The number of nitrogens with one attached hydrogen (secondary N) is 1. The zero-order valence-corrected chi connectivity index (χ0v) is 12.6. The molecule has 1 heterocycles. The number of nitrogens with zero attached hydrogens (tertiary/aromatic N) is 1. The minimum Gasteiger partial charge on any atom is -0.374 e. The second kappa shape index (κ2) is 6.51. The second-order valence-corrected chi connectivity index (χ2v) is 5.43. The fourth-order valence-electron chi connectivity index (χ4n) is 2.94. The van der Waals surface area contributed by atoms with Crippen LogP contribution in [0.4, 0.5) is 0 Å². The van der Waals surface area contributed by atoms with Crippen molar-refractivity contribution in [1.29, 1.82) is 0 Å². The largest absolute Gasteiger partial charge is 0.374 e. The molecule has 0 aliphatic carbocycles. The smallest absolute Gasteiger partial charge is 0.0896 e. The first kappa shape index (κ1) is 14.5. The van der Waals surface area contributed by atoms with Crippen LogP contribution in [-0.4, -0.2) is 44.3 Å². The molecule has 1 fully saturated rings. The Balaban J connectivity index is 2.19.